The van der Waals surface area contributed by atoms with Gasteiger partial charge in [0.05, 0.1) is 150 Å². The van der Waals surface area contributed by atoms with E-state index in [0.717, 1.165) is 35.3 Å². The number of halogens is 4. The Kier molecular flexibility index (Phi) is 18.8. The van der Waals surface area contributed by atoms with Crippen molar-refractivity contribution < 1.29 is 172 Å². The van der Waals surface area contributed by atoms with Crippen molar-refractivity contribution in [2.24, 2.45) is 0 Å². The molecule has 0 amide bonds. The lowest BCUT2D eigenvalue weighted by atomic mass is 10.1. The molecule has 0 unspecified atom stereocenters. The number of nitrogens with one attached hydrogen (secondary N) is 4. The molecule has 8 saturated carbocycles. The molecule has 20 rings (SSSR count). The molecular weight excluding hydrogens is 1950 g/mol. The fraction of sp³-hybridized carbons (Fsp3) is 0.583. The maximum atomic E-state index is 14.8. The normalized spacial score (nSPS) is 44.5. The summed E-state index contributed by atoms with van der Waals surface area (Å²) in [5, 5.41) is 167. The van der Waals surface area contributed by atoms with Gasteiger partial charge in [0.2, 0.25) is 0 Å². The van der Waals surface area contributed by atoms with Crippen LogP contribution >= 0.6 is 47.0 Å². The molecule has 8 aliphatic rings. The molecule has 8 aliphatic carbocycles. The van der Waals surface area contributed by atoms with Gasteiger partial charge >= 0.3 is 0 Å². The highest BCUT2D eigenvalue weighted by molar-refractivity contribution is 7.99. The van der Waals surface area contributed by atoms with Crippen LogP contribution in [-0.2, 0) is 18.9 Å². The second-order valence-electron chi connectivity index (χ2n) is 31.0. The topological polar surface area (TPSA) is 554 Å². The van der Waals surface area contributed by atoms with Gasteiger partial charge in [-0.15, -0.1) is 20.4 Å². The number of aromatic nitrogens is 20. The predicted molar refractivity (Wildman–Crippen MR) is 530 cm³/mol. The zero-order valence-electron chi connectivity index (χ0n) is 130. The third kappa shape index (κ3) is 23.8. The lowest BCUT2D eigenvalue weighted by Crippen LogP contribution is -2.33. The Hall–Kier alpha value is -9.52. The van der Waals surface area contributed by atoms with E-state index in [2.05, 4.69) is 107 Å². The molecule has 24 atom stereocenters. The van der Waals surface area contributed by atoms with Crippen LogP contribution in [0.3, 0.4) is 0 Å². The highest BCUT2D eigenvalue weighted by Gasteiger charge is 2.51. The summed E-state index contributed by atoms with van der Waals surface area (Å²) in [5.74, 6) is -10.1. The van der Waals surface area contributed by atoms with Crippen LogP contribution in [0.15, 0.2) is 93.1 Å². The molecule has 0 aliphatic heterocycles. The van der Waals surface area contributed by atoms with Crippen LogP contribution in [-0.4, -0.2) is 334 Å². The maximum absolute atomic E-state index is 14.8. The van der Waals surface area contributed by atoms with Gasteiger partial charge in [-0.1, -0.05) is 144 Å². The smallest absolute Gasteiger partial charge is 0.191 e. The first-order chi connectivity index (χ1) is 89.9. The number of benzene rings is 4. The van der Waals surface area contributed by atoms with E-state index in [4.69, 9.17) is 88.2 Å². The number of aliphatic hydroxyl groups excluding tert-OH is 2. The summed E-state index contributed by atoms with van der Waals surface area (Å²) in [6.07, 6.45) is -71.5. The Balaban J connectivity index is 0.000000171. The van der Waals surface area contributed by atoms with Crippen LogP contribution in [0.25, 0.3) is 44.7 Å². The Morgan fingerprint density at radius 2 is 0.639 bits per heavy atom. The van der Waals surface area contributed by atoms with Gasteiger partial charge in [-0.05, 0) is 148 Å². The van der Waals surface area contributed by atoms with Crippen molar-refractivity contribution in [1.82, 2.24) is 99.8 Å². The lowest BCUT2D eigenvalue weighted by molar-refractivity contribution is -0.0629. The molecule has 48 heteroatoms. The Morgan fingerprint density at radius 3 is 0.903 bits per heavy atom. The number of ether oxygens (including phenoxy) is 4. The van der Waals surface area contributed by atoms with Crippen molar-refractivity contribution in [3.8, 4) is 0 Å². The SMILES string of the molecule is [2H]c1c([2H])c([C@H]2[C@H](Nc3nc(SC([2H])([2H])CC)nc4c3nnn4[C@]3([2H])C([2H])([2H])[C@]([2H])(OCCO)[C@@]([2H])(O)[C@@]3([2H])O)C2([2H])[2H])c([2H])c(F)c1C.[2H]c1c([2H])c([C@H]2[C@H](Nc3nc(SCCC)nc4c3nnn4[C@]3([2H])C([2H])([2H])[C@]([2H])(OC([2H])([2H])C([2H])([2H])O)[C@@]([2H])(O)[C@@]3([2H])O)C2([2H])[2H])c([2H])c(F)c1C.[2H]c1c([2H])c([C@H]2[C@H](Nc3nc(SCCC)nc4c3nnn4[C@]3([2H])C([2H])([2H])[C@]([2H])(OC([2H])([2H])CO)[C@@]([2H])(O)[C@@]3([2H])O)C2([2H])[2H])c([2H])c(F)c1C.[2H]c1c([2H])c([C@H]2[C@H](Nc3nc(SCCC)nc4c3nnn4[C@]3([2H])C([2H])([2H])[C@]([2H])(OCC([2H])([2H])O)[C@@]([2H])(O)[C@@]3([2H])O)C2([2H])[2H])c([2H])c(F)c1C. The van der Waals surface area contributed by atoms with E-state index in [0.29, 0.717) is 48.3 Å². The first-order valence-corrected chi connectivity index (χ1v) is 47.0. The van der Waals surface area contributed by atoms with Gasteiger partial charge in [-0.2, -0.15) is 0 Å². The highest BCUT2D eigenvalue weighted by atomic mass is 32.2. The number of hydrogen-bond acceptors (Lipinski definition) is 40. The average molecular weight is 2130 g/mol. The summed E-state index contributed by atoms with van der Waals surface area (Å²) in [6.45, 7) is -7.55. The van der Waals surface area contributed by atoms with Gasteiger partial charge in [0.15, 0.2) is 88.6 Å². The van der Waals surface area contributed by atoms with E-state index in [-0.39, 0.29) is 91.5 Å². The average Bonchev–Trinajstić information content (AvgIpc) is 1.48. The summed E-state index contributed by atoms with van der Waals surface area (Å²) in [4.78, 5) is 33.9. The van der Waals surface area contributed by atoms with Gasteiger partial charge in [0, 0.05) is 121 Å². The fourth-order valence-corrected chi connectivity index (χ4v) is 16.0. The lowest BCUT2D eigenvalue weighted by Gasteiger charge is -2.17. The highest BCUT2D eigenvalue weighted by Crippen LogP contribution is 2.50. The maximum Gasteiger partial charge on any atom is 0.191 e. The molecule has 4 aromatic carbocycles. The third-order valence-electron chi connectivity index (χ3n) is 20.8. The van der Waals surface area contributed by atoms with Crippen LogP contribution in [0.5, 0.6) is 0 Å². The molecule has 0 bridgehead atoms. The molecule has 8 aromatic heterocycles. The summed E-state index contributed by atoms with van der Waals surface area (Å²) in [7, 11) is 0. The van der Waals surface area contributed by atoms with Crippen molar-refractivity contribution in [1.29, 1.82) is 0 Å². The first-order valence-electron chi connectivity index (χ1n) is 70.3. The van der Waals surface area contributed by atoms with Crippen LogP contribution < -0.4 is 21.3 Å². The van der Waals surface area contributed by atoms with Gasteiger partial charge in [-0.25, -0.2) is 76.2 Å². The third-order valence-corrected chi connectivity index (χ3v) is 24.8. The molecule has 0 saturated heterocycles. The minimum absolute atomic E-state index is 0.0908. The minimum atomic E-state index is -4.34. The van der Waals surface area contributed by atoms with Crippen molar-refractivity contribution in [3.05, 3.63) is 140 Å². The largest absolute Gasteiger partial charge is 0.394 e. The Morgan fingerprint density at radius 1 is 0.361 bits per heavy atom. The van der Waals surface area contributed by atoms with Gasteiger partial charge in [0.25, 0.3) is 0 Å². The van der Waals surface area contributed by atoms with Crippen LogP contribution in [0, 0.1) is 51.0 Å². The van der Waals surface area contributed by atoms with E-state index in [1.165, 1.54) is 34.6 Å². The molecule has 776 valence electrons. The quantitative estimate of drug-likeness (QED) is 0.00969. The van der Waals surface area contributed by atoms with Gasteiger partial charge in [0.1, 0.15) is 71.9 Å². The zero-order chi connectivity index (χ0) is 150. The molecule has 0 spiro atoms. The van der Waals surface area contributed by atoms with E-state index in [1.54, 1.807) is 6.92 Å². The van der Waals surface area contributed by atoms with Gasteiger partial charge < -0.3 is 101 Å². The number of anilines is 4. The summed E-state index contributed by atoms with van der Waals surface area (Å²) in [6, 6.07) is -28.0. The summed E-state index contributed by atoms with van der Waals surface area (Å²) >= 11 is 3.45. The van der Waals surface area contributed by atoms with E-state index in [9.17, 15) is 78.8 Å². The number of aliphatic hydroxyl groups is 12. The van der Waals surface area contributed by atoms with Crippen molar-refractivity contribution in [2.75, 3.05) is 96.9 Å². The molecule has 40 nitrogen and oxygen atoms in total. The number of hydrogen-bond donors (Lipinski definition) is 16. The molecular formula is C96H124F4N24O16S4. The first kappa shape index (κ1) is 57.3. The number of fused-ring (bicyclic) bond motifs is 4. The molecule has 16 N–H and O–H groups in total. The Bertz CT molecular complexity index is 9400. The molecule has 0 radical (unpaired) electrons. The van der Waals surface area contributed by atoms with Crippen molar-refractivity contribution >= 4 is 115 Å². The second kappa shape index (κ2) is 47.3. The molecule has 8 heterocycles. The van der Waals surface area contributed by atoms with Crippen LogP contribution in [0.4, 0.5) is 40.8 Å². The second-order valence-corrected chi connectivity index (χ2v) is 35.0. The standard InChI is InChI=1S/4C24H31FN6O4S/c4*1-3-8-36-24-27-22(26-16-10-14(16)13-5-4-12(2)15(25)9-13)19-23(28-24)31(30-29-19)17-11-18(35-7-6-32)21(34)20(17)33/h4*4-5,9,14,16-18,20-21,32-34H,3,6-8,10-11H2,1-2H3,(H,26,27,28)/t4*14-,16+,17+,18-,20-,21+/m0000/s1/i4D,5D,6D2,7D2,9D,10D2,11D2,17D,18D,20D,21D;4D,5D,8D2,9D,10D2,11D2,17D,18D,20D,21D;4D,5D,7D2,9D,10D2,11D2,17D,18D,20D,21D;4D,5D,6D2,9D,10D2,11D2,17D,18D,20D,21D. The minimum Gasteiger partial charge on any atom is -0.394 e. The predicted octanol–water partition coefficient (Wildman–Crippen LogP) is 8.73. The fourth-order valence-electron chi connectivity index (χ4n) is 13.4. The number of rotatable bonds is 40. The molecule has 12 aromatic rings. The molecule has 144 heavy (non-hydrogen) atoms. The zero-order valence-corrected chi connectivity index (χ0v) is 79.3. The van der Waals surface area contributed by atoms with Crippen molar-refractivity contribution in [2.45, 2.75) is 298 Å². The summed E-state index contributed by atoms with van der Waals surface area (Å²) in [5.41, 5.74) is -9.12. The Labute approximate surface area is 919 Å². The van der Waals surface area contributed by atoms with Crippen LogP contribution in [0.1, 0.15) is 271 Å². The number of nitrogens with zero attached hydrogens (tertiary/aromatic N) is 20. The van der Waals surface area contributed by atoms with E-state index >= 15 is 0 Å². The monoisotopic (exact) mass is 2130 g/mol. The van der Waals surface area contributed by atoms with Gasteiger partial charge in [-0.3, -0.25) is 0 Å². The molecule has 8 fully saturated rings. The van der Waals surface area contributed by atoms with Crippen LogP contribution in [0.2, 0.25) is 0 Å². The van der Waals surface area contributed by atoms with E-state index in [1.807, 2.05) is 13.8 Å². The van der Waals surface area contributed by atoms with E-state index < -0.39 is 417 Å². The summed E-state index contributed by atoms with van der Waals surface area (Å²) < 4.78 is 530. The van der Waals surface area contributed by atoms with Crippen molar-refractivity contribution in [3.63, 3.8) is 0 Å². The number of thioether (sulfide) groups is 4.